The van der Waals surface area contributed by atoms with Crippen molar-refractivity contribution >= 4 is 51.5 Å². The molecule has 224 valence electrons. The third kappa shape index (κ3) is 8.90. The first-order valence-electron chi connectivity index (χ1n) is 13.9. The number of aryl methyl sites for hydroxylation is 1. The van der Waals surface area contributed by atoms with Gasteiger partial charge in [-0.3, -0.25) is 9.71 Å². The van der Waals surface area contributed by atoms with Gasteiger partial charge < -0.3 is 15.4 Å². The fourth-order valence-electron chi connectivity index (χ4n) is 4.54. The molecule has 12 heteroatoms. The van der Waals surface area contributed by atoms with Crippen LogP contribution in [0.15, 0.2) is 53.8 Å². The first-order valence-corrected chi connectivity index (χ1v) is 15.8. The fourth-order valence-corrected chi connectivity index (χ4v) is 5.85. The summed E-state index contributed by atoms with van der Waals surface area (Å²) in [6, 6.07) is 8.60. The number of sulfonamides is 1. The van der Waals surface area contributed by atoms with Gasteiger partial charge in [-0.1, -0.05) is 30.7 Å². The highest BCUT2D eigenvalue weighted by Crippen LogP contribution is 2.25. The fraction of sp³-hybridized carbons (Fsp3) is 0.400. The van der Waals surface area contributed by atoms with Crippen LogP contribution in [0, 0.1) is 0 Å². The van der Waals surface area contributed by atoms with Crippen molar-refractivity contribution in [3.05, 3.63) is 70.8 Å². The number of nitrogens with one attached hydrogen (secondary N) is 3. The van der Waals surface area contributed by atoms with Gasteiger partial charge >= 0.3 is 6.09 Å². The van der Waals surface area contributed by atoms with Gasteiger partial charge in [0.25, 0.3) is 10.0 Å². The predicted molar refractivity (Wildman–Crippen MR) is 166 cm³/mol. The largest absolute Gasteiger partial charge is 0.444 e. The van der Waals surface area contributed by atoms with E-state index >= 15 is 0 Å². The Balaban J connectivity index is 1.32. The predicted octanol–water partition coefficient (Wildman–Crippen LogP) is 6.31. The number of para-hydroxylation sites is 1. The minimum Gasteiger partial charge on any atom is -0.444 e. The highest BCUT2D eigenvalue weighted by atomic mass is 35.5. The summed E-state index contributed by atoms with van der Waals surface area (Å²) in [4.78, 5) is 25.4. The molecule has 1 aromatic carbocycles. The Hall–Kier alpha value is -3.70. The molecule has 2 aromatic heterocycles. The van der Waals surface area contributed by atoms with Crippen LogP contribution in [-0.4, -0.2) is 47.1 Å². The van der Waals surface area contributed by atoms with E-state index in [0.717, 1.165) is 36.8 Å². The van der Waals surface area contributed by atoms with Crippen molar-refractivity contribution in [2.75, 3.05) is 10.0 Å². The first kappa shape index (κ1) is 31.2. The van der Waals surface area contributed by atoms with Crippen LogP contribution in [0.2, 0.25) is 5.02 Å². The number of carbonyl (C=O) groups is 1. The number of rotatable bonds is 9. The molecule has 0 atom stereocenters. The molecule has 1 aliphatic carbocycles. The normalized spacial score (nSPS) is 17.5. The molecule has 4 rings (SSSR count). The molecule has 3 N–H and O–H groups in total. The lowest BCUT2D eigenvalue weighted by atomic mass is 9.91. The Labute approximate surface area is 252 Å². The Kier molecular flexibility index (Phi) is 10.1. The van der Waals surface area contributed by atoms with Crippen molar-refractivity contribution in [2.45, 2.75) is 82.4 Å². The highest BCUT2D eigenvalue weighted by Gasteiger charge is 2.25. The minimum atomic E-state index is -3.86. The molecule has 10 nitrogen and oxygen atoms in total. The maximum absolute atomic E-state index is 12.9. The molecule has 0 saturated heterocycles. The molecular weight excluding hydrogens is 576 g/mol. The number of anilines is 2. The summed E-state index contributed by atoms with van der Waals surface area (Å²) in [6.07, 6.45) is 12.1. The quantitative estimate of drug-likeness (QED) is 0.256. The number of alkyl carbamates (subject to hydrolysis) is 1. The van der Waals surface area contributed by atoms with E-state index in [1.165, 1.54) is 6.20 Å². The van der Waals surface area contributed by atoms with Gasteiger partial charge in [0.05, 0.1) is 16.4 Å². The molecular formula is C30H37ClN6O4S. The van der Waals surface area contributed by atoms with Gasteiger partial charge in [-0.25, -0.2) is 23.2 Å². The van der Waals surface area contributed by atoms with Crippen LogP contribution < -0.4 is 15.4 Å². The Bertz CT molecular complexity index is 1520. The number of hydrogen-bond donors (Lipinski definition) is 3. The number of hydrogen-bond acceptors (Lipinski definition) is 8. The standard InChI is InChI=1S/C30H37ClN6O4S/c1-5-21-16-24(42(39,40)37-27-9-7-6-8-25(27)31)19-32-26(21)15-10-20-17-33-28(34-18-20)35-22-11-13-23(14-12-22)36-29(38)41-30(2,3)4/h6-10,15-19,22-23,37H,5,11-14H2,1-4H3,(H,36,38)(H,33,34,35)/b15-10+. The minimum absolute atomic E-state index is 0.0600. The number of aromatic nitrogens is 3. The molecule has 3 aromatic rings. The molecule has 2 heterocycles. The molecule has 1 aliphatic rings. The molecule has 0 unspecified atom stereocenters. The Morgan fingerprint density at radius 2 is 1.69 bits per heavy atom. The zero-order chi connectivity index (χ0) is 30.3. The lowest BCUT2D eigenvalue weighted by Gasteiger charge is -2.30. The summed E-state index contributed by atoms with van der Waals surface area (Å²) in [5, 5.41) is 6.65. The van der Waals surface area contributed by atoms with E-state index < -0.39 is 15.6 Å². The van der Waals surface area contributed by atoms with E-state index in [4.69, 9.17) is 16.3 Å². The average molecular weight is 613 g/mol. The summed E-state index contributed by atoms with van der Waals surface area (Å²) in [5.74, 6) is 0.545. The summed E-state index contributed by atoms with van der Waals surface area (Å²) >= 11 is 6.11. The number of ether oxygens (including phenoxy) is 1. The van der Waals surface area contributed by atoms with E-state index in [2.05, 4.69) is 30.3 Å². The van der Waals surface area contributed by atoms with Crippen molar-refractivity contribution in [1.82, 2.24) is 20.3 Å². The van der Waals surface area contributed by atoms with Crippen molar-refractivity contribution in [3.8, 4) is 0 Å². The zero-order valence-corrected chi connectivity index (χ0v) is 25.8. The average Bonchev–Trinajstić information content (AvgIpc) is 2.94. The molecule has 1 saturated carbocycles. The third-order valence-corrected chi connectivity index (χ3v) is 8.33. The SMILES string of the molecule is CCc1cc(S(=O)(=O)Nc2ccccc2Cl)cnc1/C=C/c1cnc(NC2CCC(NC(=O)OC(C)(C)C)CC2)nc1. The van der Waals surface area contributed by atoms with Gasteiger partial charge in [-0.05, 0) is 88.8 Å². The lowest BCUT2D eigenvalue weighted by Crippen LogP contribution is -2.42. The zero-order valence-electron chi connectivity index (χ0n) is 24.2. The molecule has 1 amide bonds. The maximum atomic E-state index is 12.9. The van der Waals surface area contributed by atoms with E-state index in [-0.39, 0.29) is 23.1 Å². The van der Waals surface area contributed by atoms with Crippen LogP contribution in [0.25, 0.3) is 12.2 Å². The number of amides is 1. The van der Waals surface area contributed by atoms with E-state index in [0.29, 0.717) is 28.8 Å². The van der Waals surface area contributed by atoms with Gasteiger partial charge in [0.2, 0.25) is 5.95 Å². The van der Waals surface area contributed by atoms with Crippen molar-refractivity contribution in [2.24, 2.45) is 0 Å². The second kappa shape index (κ2) is 13.5. The van der Waals surface area contributed by atoms with Gasteiger partial charge in [-0.2, -0.15) is 0 Å². The summed E-state index contributed by atoms with van der Waals surface area (Å²) in [7, 11) is -3.86. The number of benzene rings is 1. The second-order valence-electron chi connectivity index (χ2n) is 11.2. The van der Waals surface area contributed by atoms with Crippen molar-refractivity contribution in [3.63, 3.8) is 0 Å². The van der Waals surface area contributed by atoms with E-state index in [9.17, 15) is 13.2 Å². The van der Waals surface area contributed by atoms with Crippen LogP contribution in [0.3, 0.4) is 0 Å². The molecule has 0 radical (unpaired) electrons. The third-order valence-electron chi connectivity index (χ3n) is 6.67. The molecule has 0 bridgehead atoms. The van der Waals surface area contributed by atoms with Gasteiger partial charge in [0.15, 0.2) is 0 Å². The van der Waals surface area contributed by atoms with Crippen LogP contribution in [-0.2, 0) is 21.2 Å². The molecule has 0 spiro atoms. The van der Waals surface area contributed by atoms with Crippen LogP contribution >= 0.6 is 11.6 Å². The molecule has 1 fully saturated rings. The topological polar surface area (TPSA) is 135 Å². The molecule has 0 aliphatic heterocycles. The van der Waals surface area contributed by atoms with Crippen LogP contribution in [0.5, 0.6) is 0 Å². The second-order valence-corrected chi connectivity index (χ2v) is 13.3. The van der Waals surface area contributed by atoms with E-state index in [1.54, 1.807) is 42.7 Å². The summed E-state index contributed by atoms with van der Waals surface area (Å²) in [5.41, 5.74) is 2.02. The summed E-state index contributed by atoms with van der Waals surface area (Å²) in [6.45, 7) is 7.49. The van der Waals surface area contributed by atoms with Crippen LogP contribution in [0.4, 0.5) is 16.4 Å². The monoisotopic (exact) mass is 612 g/mol. The number of halogens is 1. The van der Waals surface area contributed by atoms with Crippen molar-refractivity contribution < 1.29 is 17.9 Å². The van der Waals surface area contributed by atoms with E-state index in [1.807, 2.05) is 39.8 Å². The van der Waals surface area contributed by atoms with Gasteiger partial charge in [0, 0.05) is 36.2 Å². The Morgan fingerprint density at radius 1 is 1.02 bits per heavy atom. The first-order chi connectivity index (χ1) is 19.9. The lowest BCUT2D eigenvalue weighted by molar-refractivity contribution is 0.0492. The highest BCUT2D eigenvalue weighted by molar-refractivity contribution is 7.92. The number of pyridine rings is 1. The van der Waals surface area contributed by atoms with Gasteiger partial charge in [-0.15, -0.1) is 0 Å². The molecule has 42 heavy (non-hydrogen) atoms. The van der Waals surface area contributed by atoms with Crippen molar-refractivity contribution in [1.29, 1.82) is 0 Å². The summed E-state index contributed by atoms with van der Waals surface area (Å²) < 4.78 is 33.7. The maximum Gasteiger partial charge on any atom is 0.407 e. The number of nitrogens with zero attached hydrogens (tertiary/aromatic N) is 3. The van der Waals surface area contributed by atoms with Crippen LogP contribution in [0.1, 0.15) is 70.2 Å². The smallest absolute Gasteiger partial charge is 0.407 e. The Morgan fingerprint density at radius 3 is 2.33 bits per heavy atom. The van der Waals surface area contributed by atoms with Gasteiger partial charge in [0.1, 0.15) is 10.5 Å². The number of carbonyl (C=O) groups excluding carboxylic acids is 1.